The Morgan fingerprint density at radius 3 is 2.67 bits per heavy atom. The van der Waals surface area contributed by atoms with E-state index in [4.69, 9.17) is 21.1 Å². The topological polar surface area (TPSA) is 79.5 Å². The largest absolute Gasteiger partial charge is 0.495 e. The normalized spacial score (nSPS) is 14.5. The van der Waals surface area contributed by atoms with Crippen molar-refractivity contribution in [1.82, 2.24) is 14.9 Å². The number of likely N-dealkylation sites (N-methyl/N-ethyl adjacent to an activating group) is 1. The molecule has 2 N–H and O–H groups in total. The molecular formula is C21H27ClN4O3S. The predicted molar refractivity (Wildman–Crippen MR) is 124 cm³/mol. The average Bonchev–Trinajstić information content (AvgIpc) is 3.17. The Balaban J connectivity index is 0.000000310. The van der Waals surface area contributed by atoms with E-state index in [9.17, 15) is 4.79 Å². The Labute approximate surface area is 185 Å². The zero-order valence-electron chi connectivity index (χ0n) is 17.6. The number of thiazole rings is 1. The number of ether oxygens (including phenoxy) is 2. The molecule has 0 amide bonds. The second-order valence-corrected chi connectivity index (χ2v) is 8.54. The van der Waals surface area contributed by atoms with Gasteiger partial charge in [0.2, 0.25) is 0 Å². The zero-order valence-corrected chi connectivity index (χ0v) is 19.2. The van der Waals surface area contributed by atoms with Crippen LogP contribution in [0.1, 0.15) is 13.8 Å². The van der Waals surface area contributed by atoms with Gasteiger partial charge in [0.1, 0.15) is 10.8 Å². The third-order valence-corrected chi connectivity index (χ3v) is 5.70. The van der Waals surface area contributed by atoms with E-state index in [1.54, 1.807) is 25.3 Å². The first-order chi connectivity index (χ1) is 14.4. The second-order valence-electron chi connectivity index (χ2n) is 7.30. The Bertz CT molecular complexity index is 1040. The number of aromatic amines is 1. The number of aromatic nitrogens is 2. The summed E-state index contributed by atoms with van der Waals surface area (Å²) in [6.07, 6.45) is 0. The highest BCUT2D eigenvalue weighted by Crippen LogP contribution is 2.32. The molecule has 1 aliphatic heterocycles. The fourth-order valence-electron chi connectivity index (χ4n) is 2.93. The van der Waals surface area contributed by atoms with Crippen LogP contribution in [0.3, 0.4) is 0 Å². The number of H-pyrrole nitrogens is 1. The van der Waals surface area contributed by atoms with Gasteiger partial charge < -0.3 is 24.7 Å². The van der Waals surface area contributed by atoms with Crippen LogP contribution in [0.15, 0.2) is 28.4 Å². The summed E-state index contributed by atoms with van der Waals surface area (Å²) in [4.78, 5) is 22.3. The first-order valence-electron chi connectivity index (χ1n) is 9.77. The highest BCUT2D eigenvalue weighted by molar-refractivity contribution is 7.14. The average molecular weight is 451 g/mol. The number of pyridine rings is 1. The Hall–Kier alpha value is -2.13. The third-order valence-electron chi connectivity index (χ3n) is 4.55. The maximum Gasteiger partial charge on any atom is 0.190 e. The number of anilines is 1. The molecule has 3 aromatic rings. The summed E-state index contributed by atoms with van der Waals surface area (Å²) in [5.74, 6) is 0.521. The molecule has 0 bridgehead atoms. The van der Waals surface area contributed by atoms with Crippen molar-refractivity contribution in [2.24, 2.45) is 0 Å². The van der Waals surface area contributed by atoms with E-state index in [1.807, 2.05) is 19.2 Å². The molecular weight excluding hydrogens is 424 g/mol. The minimum absolute atomic E-state index is 0.107. The molecule has 9 heteroatoms. The molecule has 162 valence electrons. The van der Waals surface area contributed by atoms with Gasteiger partial charge in [0.15, 0.2) is 10.6 Å². The van der Waals surface area contributed by atoms with Crippen LogP contribution in [0.4, 0.5) is 5.13 Å². The van der Waals surface area contributed by atoms with E-state index in [-0.39, 0.29) is 5.43 Å². The first kappa shape index (κ1) is 22.6. The van der Waals surface area contributed by atoms with Gasteiger partial charge in [-0.1, -0.05) is 11.6 Å². The van der Waals surface area contributed by atoms with Gasteiger partial charge in [-0.2, -0.15) is 0 Å². The number of nitrogens with zero attached hydrogens (tertiary/aromatic N) is 2. The summed E-state index contributed by atoms with van der Waals surface area (Å²) in [5, 5.41) is 6.87. The van der Waals surface area contributed by atoms with E-state index in [0.29, 0.717) is 39.1 Å². The van der Waals surface area contributed by atoms with Gasteiger partial charge in [-0.05, 0) is 33.0 Å². The van der Waals surface area contributed by atoms with E-state index >= 15 is 0 Å². The molecule has 0 spiro atoms. The van der Waals surface area contributed by atoms with Crippen LogP contribution in [0.2, 0.25) is 5.02 Å². The van der Waals surface area contributed by atoms with Crippen LogP contribution in [0, 0.1) is 0 Å². The lowest BCUT2D eigenvalue weighted by molar-refractivity contribution is 0.0503. The van der Waals surface area contributed by atoms with Crippen molar-refractivity contribution in [3.63, 3.8) is 0 Å². The summed E-state index contributed by atoms with van der Waals surface area (Å²) in [6, 6.07) is 5.23. The van der Waals surface area contributed by atoms with Crippen LogP contribution in [-0.4, -0.2) is 61.4 Å². The Morgan fingerprint density at radius 2 is 2.07 bits per heavy atom. The minimum Gasteiger partial charge on any atom is -0.495 e. The molecule has 0 atom stereocenters. The van der Waals surface area contributed by atoms with Crippen molar-refractivity contribution in [2.75, 3.05) is 45.8 Å². The Morgan fingerprint density at radius 1 is 1.33 bits per heavy atom. The summed E-state index contributed by atoms with van der Waals surface area (Å²) in [5.41, 5.74) is 1.78. The monoisotopic (exact) mass is 450 g/mol. The maximum atomic E-state index is 12.3. The van der Waals surface area contributed by atoms with Gasteiger partial charge in [-0.25, -0.2) is 4.98 Å². The number of halogens is 1. The van der Waals surface area contributed by atoms with Gasteiger partial charge in [0.05, 0.1) is 37.2 Å². The summed E-state index contributed by atoms with van der Waals surface area (Å²) in [6.45, 7) is 8.11. The molecule has 7 nitrogen and oxygen atoms in total. The van der Waals surface area contributed by atoms with Crippen molar-refractivity contribution in [1.29, 1.82) is 0 Å². The number of fused-ring (bicyclic) bond motifs is 1. The highest BCUT2D eigenvalue weighted by atomic mass is 35.5. The molecule has 2 aromatic heterocycles. The zero-order chi connectivity index (χ0) is 21.7. The van der Waals surface area contributed by atoms with Gasteiger partial charge in [0.25, 0.3) is 0 Å². The van der Waals surface area contributed by atoms with Crippen molar-refractivity contribution in [2.45, 2.75) is 19.9 Å². The number of benzene rings is 1. The summed E-state index contributed by atoms with van der Waals surface area (Å²) in [7, 11) is 3.65. The standard InChI is InChI=1S/C16H16ClN3O2S.C5H11NO/c1-8(2)18-16-20-11(7-23-16)10-6-12(21)9-4-5-13(22-3)14(17)15(9)19-10;1-6-2-4-7-5-3-6/h4-8H,1-3H3,(H,18,20)(H,19,21);2-5H2,1H3. The van der Waals surface area contributed by atoms with E-state index in [2.05, 4.69) is 27.2 Å². The SMILES string of the molecule is CN1CCOCC1.COc1ccc2c(=O)cc(-c3csc(NC(C)C)n3)[nH]c2c1Cl. The van der Waals surface area contributed by atoms with Crippen molar-refractivity contribution >= 4 is 39.0 Å². The predicted octanol–water partition coefficient (Wildman–Crippen LogP) is 4.08. The van der Waals surface area contributed by atoms with Crippen molar-refractivity contribution in [3.8, 4) is 17.1 Å². The van der Waals surface area contributed by atoms with Crippen LogP contribution in [0.25, 0.3) is 22.3 Å². The van der Waals surface area contributed by atoms with Gasteiger partial charge in [-0.15, -0.1) is 11.3 Å². The number of morpholine rings is 1. The van der Waals surface area contributed by atoms with Crippen LogP contribution in [-0.2, 0) is 4.74 Å². The molecule has 4 rings (SSSR count). The molecule has 0 saturated carbocycles. The fraction of sp³-hybridized carbons (Fsp3) is 0.429. The number of methoxy groups -OCH3 is 1. The lowest BCUT2D eigenvalue weighted by Gasteiger charge is -2.21. The third kappa shape index (κ3) is 5.51. The maximum absolute atomic E-state index is 12.3. The molecule has 30 heavy (non-hydrogen) atoms. The number of hydrogen-bond donors (Lipinski definition) is 2. The number of nitrogens with one attached hydrogen (secondary N) is 2. The first-order valence-corrected chi connectivity index (χ1v) is 11.0. The van der Waals surface area contributed by atoms with E-state index in [0.717, 1.165) is 31.4 Å². The summed E-state index contributed by atoms with van der Waals surface area (Å²) >= 11 is 7.82. The van der Waals surface area contributed by atoms with Crippen LogP contribution >= 0.6 is 22.9 Å². The smallest absolute Gasteiger partial charge is 0.190 e. The molecule has 0 unspecified atom stereocenters. The molecule has 1 fully saturated rings. The summed E-state index contributed by atoms with van der Waals surface area (Å²) < 4.78 is 10.3. The molecule has 3 heterocycles. The molecule has 1 aliphatic rings. The van der Waals surface area contributed by atoms with Crippen LogP contribution < -0.4 is 15.5 Å². The lowest BCUT2D eigenvalue weighted by Crippen LogP contribution is -2.32. The molecule has 0 radical (unpaired) electrons. The molecule has 0 aliphatic carbocycles. The van der Waals surface area contributed by atoms with Crippen molar-refractivity contribution < 1.29 is 9.47 Å². The highest BCUT2D eigenvalue weighted by Gasteiger charge is 2.13. The van der Waals surface area contributed by atoms with E-state index in [1.165, 1.54) is 11.3 Å². The Kier molecular flexibility index (Phi) is 7.71. The number of hydrogen-bond acceptors (Lipinski definition) is 7. The van der Waals surface area contributed by atoms with Gasteiger partial charge in [-0.3, -0.25) is 4.79 Å². The lowest BCUT2D eigenvalue weighted by atomic mass is 10.1. The van der Waals surface area contributed by atoms with Gasteiger partial charge in [0, 0.05) is 36.0 Å². The minimum atomic E-state index is -0.107. The molecule has 1 aromatic carbocycles. The van der Waals surface area contributed by atoms with Crippen molar-refractivity contribution in [3.05, 3.63) is 38.8 Å². The van der Waals surface area contributed by atoms with E-state index < -0.39 is 0 Å². The molecule has 1 saturated heterocycles. The van der Waals surface area contributed by atoms with Crippen LogP contribution in [0.5, 0.6) is 5.75 Å². The quantitative estimate of drug-likeness (QED) is 0.623. The van der Waals surface area contributed by atoms with Gasteiger partial charge >= 0.3 is 0 Å². The second kappa shape index (κ2) is 10.3. The number of rotatable bonds is 4. The fourth-order valence-corrected chi connectivity index (χ4v) is 4.07.